The third-order valence-electron chi connectivity index (χ3n) is 11.7. The van der Waals surface area contributed by atoms with Crippen molar-refractivity contribution in [3.05, 3.63) is 41.7 Å². The Morgan fingerprint density at radius 1 is 1.11 bits per heavy atom. The molecule has 0 aliphatic carbocycles. The van der Waals surface area contributed by atoms with E-state index in [0.29, 0.717) is 53.0 Å². The van der Waals surface area contributed by atoms with Gasteiger partial charge in [-0.05, 0) is 76.6 Å². The molecule has 7 heterocycles. The number of fused-ring (bicyclic) bond motifs is 7. The Kier molecular flexibility index (Phi) is 8.65. The summed E-state index contributed by atoms with van der Waals surface area (Å²) >= 11 is 0. The zero-order valence-corrected chi connectivity index (χ0v) is 31.4. The molecule has 5 atom stereocenters. The molecule has 4 saturated heterocycles. The van der Waals surface area contributed by atoms with Crippen molar-refractivity contribution in [3.63, 3.8) is 0 Å². The number of aromatic nitrogens is 3. The van der Waals surface area contributed by atoms with Crippen molar-refractivity contribution in [2.75, 3.05) is 51.7 Å². The molecule has 4 aromatic rings. The number of carbonyl (C=O) groups is 1. The van der Waals surface area contributed by atoms with Crippen LogP contribution in [0.5, 0.6) is 17.6 Å². The molecule has 2 bridgehead atoms. The Hall–Kier alpha value is -5.00. The van der Waals surface area contributed by atoms with E-state index in [1.807, 2.05) is 43.9 Å². The number of anilines is 1. The Morgan fingerprint density at radius 3 is 2.76 bits per heavy atom. The lowest BCUT2D eigenvalue weighted by Gasteiger charge is -2.46. The first-order valence-corrected chi connectivity index (χ1v) is 19.0. The van der Waals surface area contributed by atoms with Gasteiger partial charge in [-0.2, -0.15) is 9.97 Å². The highest BCUT2D eigenvalue weighted by Gasteiger charge is 2.52. The summed E-state index contributed by atoms with van der Waals surface area (Å²) in [7, 11) is 1.52. The monoisotopic (exact) mass is 754 g/mol. The number of rotatable bonds is 7. The summed E-state index contributed by atoms with van der Waals surface area (Å²) in [6, 6.07) is 8.18. The quantitative estimate of drug-likeness (QED) is 0.158. The van der Waals surface area contributed by atoms with Crippen LogP contribution >= 0.6 is 0 Å². The van der Waals surface area contributed by atoms with Crippen LogP contribution in [0.15, 0.2) is 30.3 Å². The van der Waals surface area contributed by atoms with Crippen molar-refractivity contribution >= 4 is 33.6 Å². The molecule has 288 valence electrons. The largest absolute Gasteiger partial charge is 0.475 e. The van der Waals surface area contributed by atoms with Gasteiger partial charge in [0.25, 0.3) is 0 Å². The van der Waals surface area contributed by atoms with Crippen LogP contribution in [0.25, 0.3) is 32.9 Å². The second-order valence-corrected chi connectivity index (χ2v) is 16.3. The van der Waals surface area contributed by atoms with Crippen molar-refractivity contribution in [2.45, 2.75) is 88.3 Å². The van der Waals surface area contributed by atoms with Crippen LogP contribution in [0.2, 0.25) is 0 Å². The zero-order chi connectivity index (χ0) is 38.2. The van der Waals surface area contributed by atoms with Crippen LogP contribution in [0.1, 0.15) is 58.4 Å². The number of methoxy groups -OCH3 is 1. The Bertz CT molecular complexity index is 2240. The van der Waals surface area contributed by atoms with E-state index in [-0.39, 0.29) is 67.3 Å². The summed E-state index contributed by atoms with van der Waals surface area (Å²) in [4.78, 5) is 34.2. The van der Waals surface area contributed by atoms with Crippen LogP contribution in [0, 0.1) is 18.2 Å². The van der Waals surface area contributed by atoms with Gasteiger partial charge in [-0.15, -0.1) is 6.42 Å². The maximum Gasteiger partial charge on any atom is 0.410 e. The molecule has 0 saturated carbocycles. The number of hydrogen-bond donors (Lipinski definition) is 0. The second-order valence-electron chi connectivity index (χ2n) is 16.3. The van der Waals surface area contributed by atoms with E-state index in [1.165, 1.54) is 7.11 Å². The van der Waals surface area contributed by atoms with Gasteiger partial charge in [-0.1, -0.05) is 18.1 Å². The summed E-state index contributed by atoms with van der Waals surface area (Å²) in [5.74, 6) is 3.01. The number of alkyl halides is 1. The van der Waals surface area contributed by atoms with Crippen molar-refractivity contribution in [1.82, 2.24) is 24.8 Å². The molecule has 4 fully saturated rings. The molecular weight excluding hydrogens is 710 g/mol. The fourth-order valence-electron chi connectivity index (χ4n) is 9.47. The lowest BCUT2D eigenvalue weighted by atomic mass is 9.95. The maximum absolute atomic E-state index is 17.5. The Morgan fingerprint density at radius 2 is 1.96 bits per heavy atom. The van der Waals surface area contributed by atoms with Crippen LogP contribution in [-0.2, 0) is 9.47 Å². The van der Waals surface area contributed by atoms with E-state index >= 15 is 4.39 Å². The van der Waals surface area contributed by atoms with Gasteiger partial charge in [0.15, 0.2) is 12.6 Å². The number of benzene rings is 2. The Labute approximate surface area is 318 Å². The minimum atomic E-state index is -0.944. The number of terminal acetylenes is 1. The van der Waals surface area contributed by atoms with Crippen LogP contribution in [-0.4, -0.2) is 113 Å². The van der Waals surface area contributed by atoms with Gasteiger partial charge in [0, 0.05) is 43.1 Å². The fraction of sp³-hybridized carbons (Fsp3) is 0.512. The van der Waals surface area contributed by atoms with E-state index in [1.54, 1.807) is 12.1 Å². The molecule has 5 aliphatic rings. The molecule has 2 aromatic heterocycles. The van der Waals surface area contributed by atoms with Crippen molar-refractivity contribution < 1.29 is 37.3 Å². The average Bonchev–Trinajstić information content (AvgIpc) is 3.76. The number of carbonyl (C=O) groups excluding carboxylic acids is 1. The number of piperazine rings is 1. The molecule has 12 nitrogen and oxygen atoms in total. The van der Waals surface area contributed by atoms with E-state index < -0.39 is 23.1 Å². The SMILES string of the molecule is C#Cc1cccc2cc(OCOC)cc(-c3nc4c5c(nc(OC[C@@]67CCCN6C[C@@H](F)C7)nc5c3F)N3C[C@@H]5CC[C@H]([C@H]3CO4)N5C(=O)OC(C)(C)C)c12. The third-order valence-corrected chi connectivity index (χ3v) is 11.7. The first kappa shape index (κ1) is 35.7. The van der Waals surface area contributed by atoms with E-state index in [9.17, 15) is 9.18 Å². The number of ether oxygens (including phenoxy) is 5. The van der Waals surface area contributed by atoms with E-state index in [2.05, 4.69) is 15.7 Å². The molecule has 2 aromatic carbocycles. The average molecular weight is 755 g/mol. The highest BCUT2D eigenvalue weighted by Crippen LogP contribution is 2.47. The van der Waals surface area contributed by atoms with Crippen molar-refractivity contribution in [1.29, 1.82) is 0 Å². The molecule has 14 heteroatoms. The van der Waals surface area contributed by atoms with Gasteiger partial charge in [-0.3, -0.25) is 9.80 Å². The molecule has 0 unspecified atom stereocenters. The highest BCUT2D eigenvalue weighted by atomic mass is 19.1. The summed E-state index contributed by atoms with van der Waals surface area (Å²) in [5.41, 5.74) is -0.287. The van der Waals surface area contributed by atoms with Gasteiger partial charge in [0.05, 0.1) is 23.7 Å². The van der Waals surface area contributed by atoms with Gasteiger partial charge in [0.1, 0.15) is 53.2 Å². The Balaban J connectivity index is 1.20. The fourth-order valence-corrected chi connectivity index (χ4v) is 9.47. The third kappa shape index (κ3) is 6.03. The molecule has 0 spiro atoms. The smallest absolute Gasteiger partial charge is 0.410 e. The lowest BCUT2D eigenvalue weighted by Crippen LogP contribution is -2.63. The predicted molar refractivity (Wildman–Crippen MR) is 201 cm³/mol. The molecule has 1 amide bonds. The maximum atomic E-state index is 17.5. The van der Waals surface area contributed by atoms with E-state index in [4.69, 9.17) is 45.1 Å². The standard InChI is InChI=1S/C41H44F2N6O6/c1-6-23-9-7-10-24-15-27(54-22-51-5)16-28(31(23)24)34-33(43)35-32-36(46-38(45-35)53-21-41-13-8-14-47(41)18-25(42)17-41)48-19-26-11-12-29(30(48)20-52-37(32)44-34)49(26)39(50)55-40(2,3)4/h1,7,9-10,15-16,25-26,29-30H,8,11-14,17-22H2,2-5H3/t25-,26-,29+,30+,41-/m0/s1. The first-order chi connectivity index (χ1) is 26.5. The van der Waals surface area contributed by atoms with Gasteiger partial charge < -0.3 is 28.6 Å². The van der Waals surface area contributed by atoms with Crippen LogP contribution in [0.4, 0.5) is 19.4 Å². The van der Waals surface area contributed by atoms with Gasteiger partial charge >= 0.3 is 12.1 Å². The number of halogens is 2. The predicted octanol–water partition coefficient (Wildman–Crippen LogP) is 6.25. The van der Waals surface area contributed by atoms with Crippen molar-refractivity contribution in [3.8, 4) is 41.2 Å². The number of pyridine rings is 1. The normalized spacial score (nSPS) is 25.7. The molecule has 55 heavy (non-hydrogen) atoms. The zero-order valence-electron chi connectivity index (χ0n) is 31.4. The summed E-state index contributed by atoms with van der Waals surface area (Å²) < 4.78 is 62.1. The minimum Gasteiger partial charge on any atom is -0.475 e. The van der Waals surface area contributed by atoms with Crippen molar-refractivity contribution in [2.24, 2.45) is 0 Å². The highest BCUT2D eigenvalue weighted by molar-refractivity contribution is 6.04. The summed E-state index contributed by atoms with van der Waals surface area (Å²) in [6.45, 7) is 7.40. The van der Waals surface area contributed by atoms with Gasteiger partial charge in [-0.25, -0.2) is 18.6 Å². The minimum absolute atomic E-state index is 0.0260. The molecular formula is C41H44F2N6O6. The second kappa shape index (κ2) is 13.3. The topological polar surface area (TPSA) is 112 Å². The molecule has 9 rings (SSSR count). The molecule has 5 aliphatic heterocycles. The summed E-state index contributed by atoms with van der Waals surface area (Å²) in [5, 5.41) is 1.63. The first-order valence-electron chi connectivity index (χ1n) is 19.0. The van der Waals surface area contributed by atoms with Gasteiger partial charge in [0.2, 0.25) is 5.88 Å². The molecule has 0 N–H and O–H groups in total. The number of nitrogens with zero attached hydrogens (tertiary/aromatic N) is 6. The van der Waals surface area contributed by atoms with Crippen LogP contribution < -0.4 is 19.1 Å². The number of hydrogen-bond acceptors (Lipinski definition) is 11. The van der Waals surface area contributed by atoms with Crippen LogP contribution in [0.3, 0.4) is 0 Å². The number of amides is 1. The molecule has 0 radical (unpaired) electrons. The lowest BCUT2D eigenvalue weighted by molar-refractivity contribution is 0.00537. The van der Waals surface area contributed by atoms with E-state index in [0.717, 1.165) is 37.6 Å². The summed E-state index contributed by atoms with van der Waals surface area (Å²) in [6.07, 6.45) is 8.25.